The summed E-state index contributed by atoms with van der Waals surface area (Å²) in [7, 11) is 1.38. The van der Waals surface area contributed by atoms with Crippen LogP contribution in [0.15, 0.2) is 42.7 Å². The highest BCUT2D eigenvalue weighted by Crippen LogP contribution is 2.17. The molecule has 4 nitrogen and oxygen atoms in total. The summed E-state index contributed by atoms with van der Waals surface area (Å²) >= 11 is 0. The van der Waals surface area contributed by atoms with Gasteiger partial charge in [0.2, 0.25) is 0 Å². The number of methoxy groups -OCH3 is 1. The van der Waals surface area contributed by atoms with Crippen molar-refractivity contribution in [2.24, 2.45) is 0 Å². The molecule has 18 heavy (non-hydrogen) atoms. The third kappa shape index (κ3) is 2.71. The van der Waals surface area contributed by atoms with Crippen LogP contribution in [0.3, 0.4) is 0 Å². The highest BCUT2D eigenvalue weighted by molar-refractivity contribution is 6.02. The summed E-state index contributed by atoms with van der Waals surface area (Å²) in [6.07, 6.45) is 7.12. The fraction of sp³-hybridized carbons (Fsp3) is 0.214. The third-order valence-corrected chi connectivity index (χ3v) is 2.68. The van der Waals surface area contributed by atoms with Gasteiger partial charge in [-0.3, -0.25) is 0 Å². The van der Waals surface area contributed by atoms with Crippen LogP contribution in [0, 0.1) is 0 Å². The third-order valence-electron chi connectivity index (χ3n) is 2.68. The van der Waals surface area contributed by atoms with E-state index < -0.39 is 0 Å². The van der Waals surface area contributed by atoms with E-state index in [9.17, 15) is 4.79 Å². The Morgan fingerprint density at radius 3 is 2.83 bits per heavy atom. The van der Waals surface area contributed by atoms with Gasteiger partial charge in [0.15, 0.2) is 0 Å². The number of hydrogen-bond donors (Lipinski definition) is 2. The van der Waals surface area contributed by atoms with E-state index in [-0.39, 0.29) is 5.97 Å². The molecule has 2 N–H and O–H groups in total. The first kappa shape index (κ1) is 12.2. The topological polar surface area (TPSA) is 54.1 Å². The van der Waals surface area contributed by atoms with Gasteiger partial charge in [0.05, 0.1) is 18.2 Å². The average Bonchev–Trinajstić information content (AvgIpc) is 3.10. The quantitative estimate of drug-likeness (QED) is 0.758. The van der Waals surface area contributed by atoms with Gasteiger partial charge in [-0.25, -0.2) is 4.79 Å². The summed E-state index contributed by atoms with van der Waals surface area (Å²) in [6.45, 7) is 1.14. The molecule has 4 heteroatoms. The predicted molar refractivity (Wildman–Crippen MR) is 71.4 cm³/mol. The van der Waals surface area contributed by atoms with Gasteiger partial charge in [0.25, 0.3) is 0 Å². The SMILES string of the molecule is C1=CNCC1.COC(=O)c1cccc2cc[nH]c12. The lowest BCUT2D eigenvalue weighted by atomic mass is 10.1. The highest BCUT2D eigenvalue weighted by Gasteiger charge is 2.09. The van der Waals surface area contributed by atoms with Gasteiger partial charge < -0.3 is 15.0 Å². The minimum Gasteiger partial charge on any atom is -0.465 e. The lowest BCUT2D eigenvalue weighted by molar-refractivity contribution is 0.0603. The van der Waals surface area contributed by atoms with Crippen LogP contribution in [0.2, 0.25) is 0 Å². The number of aromatic amines is 1. The molecule has 1 aliphatic rings. The van der Waals surface area contributed by atoms with E-state index in [2.05, 4.69) is 21.1 Å². The molecule has 0 saturated heterocycles. The van der Waals surface area contributed by atoms with E-state index >= 15 is 0 Å². The smallest absolute Gasteiger partial charge is 0.339 e. The predicted octanol–water partition coefficient (Wildman–Crippen LogP) is 2.45. The maximum absolute atomic E-state index is 11.3. The zero-order valence-electron chi connectivity index (χ0n) is 10.3. The molecule has 0 fully saturated rings. The molecule has 1 aromatic heterocycles. The summed E-state index contributed by atoms with van der Waals surface area (Å²) in [5.41, 5.74) is 1.40. The number of esters is 1. The number of rotatable bonds is 1. The first-order valence-electron chi connectivity index (χ1n) is 5.86. The standard InChI is InChI=1S/C10H9NO2.C4H7N/c1-13-10(12)8-4-2-3-7-5-6-11-9(7)8;1-2-4-5-3-1/h2-6,11H,1H3;1,3,5H,2,4H2. The van der Waals surface area contributed by atoms with Crippen molar-refractivity contribution < 1.29 is 9.53 Å². The second kappa shape index (κ2) is 5.91. The van der Waals surface area contributed by atoms with Crippen molar-refractivity contribution in [1.29, 1.82) is 0 Å². The maximum Gasteiger partial charge on any atom is 0.339 e. The summed E-state index contributed by atoms with van der Waals surface area (Å²) in [5.74, 6) is -0.312. The number of hydrogen-bond acceptors (Lipinski definition) is 3. The molecule has 0 atom stereocenters. The number of nitrogens with one attached hydrogen (secondary N) is 2. The number of benzene rings is 1. The Bertz CT molecular complexity index is 552. The van der Waals surface area contributed by atoms with Crippen molar-refractivity contribution in [3.8, 4) is 0 Å². The van der Waals surface area contributed by atoms with Gasteiger partial charge in [-0.1, -0.05) is 18.2 Å². The molecule has 3 rings (SSSR count). The second-order valence-corrected chi connectivity index (χ2v) is 3.88. The molecule has 1 aromatic carbocycles. The number of carbonyl (C=O) groups is 1. The molecule has 2 heterocycles. The van der Waals surface area contributed by atoms with E-state index in [0.717, 1.165) is 17.4 Å². The number of carbonyl (C=O) groups excluding carboxylic acids is 1. The first-order chi connectivity index (χ1) is 8.83. The van der Waals surface area contributed by atoms with Crippen molar-refractivity contribution in [3.05, 3.63) is 48.3 Å². The number of H-pyrrole nitrogens is 1. The van der Waals surface area contributed by atoms with Crippen LogP contribution in [0.4, 0.5) is 0 Å². The molecule has 0 spiro atoms. The van der Waals surface area contributed by atoms with Crippen LogP contribution in [0.5, 0.6) is 0 Å². The van der Waals surface area contributed by atoms with E-state index in [1.165, 1.54) is 13.5 Å². The van der Waals surface area contributed by atoms with Crippen molar-refractivity contribution in [3.63, 3.8) is 0 Å². The summed E-state index contributed by atoms with van der Waals surface area (Å²) in [4.78, 5) is 14.3. The van der Waals surface area contributed by atoms with Gasteiger partial charge in [0.1, 0.15) is 0 Å². The minimum atomic E-state index is -0.312. The lowest BCUT2D eigenvalue weighted by Gasteiger charge is -1.99. The fourth-order valence-corrected chi connectivity index (χ4v) is 1.78. The number of aromatic nitrogens is 1. The molecule has 94 valence electrons. The Morgan fingerprint density at radius 2 is 2.22 bits per heavy atom. The largest absolute Gasteiger partial charge is 0.465 e. The normalized spacial score (nSPS) is 12.7. The fourth-order valence-electron chi connectivity index (χ4n) is 1.78. The zero-order valence-corrected chi connectivity index (χ0v) is 10.3. The number of para-hydroxylation sites is 1. The lowest BCUT2D eigenvalue weighted by Crippen LogP contribution is -2.01. The molecule has 1 aliphatic heterocycles. The molecule has 0 radical (unpaired) electrons. The molecular weight excluding hydrogens is 228 g/mol. The van der Waals surface area contributed by atoms with Gasteiger partial charge >= 0.3 is 5.97 Å². The van der Waals surface area contributed by atoms with Crippen LogP contribution < -0.4 is 5.32 Å². The molecular formula is C14H16N2O2. The maximum atomic E-state index is 11.3. The van der Waals surface area contributed by atoms with Crippen LogP contribution in [-0.2, 0) is 4.74 Å². The van der Waals surface area contributed by atoms with E-state index in [4.69, 9.17) is 0 Å². The number of fused-ring (bicyclic) bond motifs is 1. The van der Waals surface area contributed by atoms with Crippen molar-refractivity contribution in [2.45, 2.75) is 6.42 Å². The van der Waals surface area contributed by atoms with Gasteiger partial charge in [-0.2, -0.15) is 0 Å². The monoisotopic (exact) mass is 244 g/mol. The second-order valence-electron chi connectivity index (χ2n) is 3.88. The molecule has 0 amide bonds. The van der Waals surface area contributed by atoms with Crippen LogP contribution >= 0.6 is 0 Å². The van der Waals surface area contributed by atoms with E-state index in [1.807, 2.05) is 24.4 Å². The molecule has 0 unspecified atom stereocenters. The summed E-state index contributed by atoms with van der Waals surface area (Å²) in [6, 6.07) is 7.44. The minimum absolute atomic E-state index is 0.312. The summed E-state index contributed by atoms with van der Waals surface area (Å²) < 4.78 is 4.65. The Balaban J connectivity index is 0.000000202. The van der Waals surface area contributed by atoms with Crippen LogP contribution in [0.1, 0.15) is 16.8 Å². The Hall–Kier alpha value is -2.23. The van der Waals surface area contributed by atoms with Crippen LogP contribution in [-0.4, -0.2) is 24.6 Å². The van der Waals surface area contributed by atoms with Crippen molar-refractivity contribution in [1.82, 2.24) is 10.3 Å². The van der Waals surface area contributed by atoms with Crippen molar-refractivity contribution >= 4 is 16.9 Å². The Morgan fingerprint density at radius 1 is 1.33 bits per heavy atom. The molecule has 0 aliphatic carbocycles. The van der Waals surface area contributed by atoms with Crippen LogP contribution in [0.25, 0.3) is 10.9 Å². The van der Waals surface area contributed by atoms with Gasteiger partial charge in [-0.15, -0.1) is 0 Å². The molecule has 0 saturated carbocycles. The zero-order chi connectivity index (χ0) is 12.8. The van der Waals surface area contributed by atoms with E-state index in [1.54, 1.807) is 12.3 Å². The Kier molecular flexibility index (Phi) is 4.02. The first-order valence-corrected chi connectivity index (χ1v) is 5.86. The van der Waals surface area contributed by atoms with E-state index in [0.29, 0.717) is 5.56 Å². The van der Waals surface area contributed by atoms with Crippen molar-refractivity contribution in [2.75, 3.05) is 13.7 Å². The highest BCUT2D eigenvalue weighted by atomic mass is 16.5. The summed E-state index contributed by atoms with van der Waals surface area (Å²) in [5, 5.41) is 4.06. The number of ether oxygens (including phenoxy) is 1. The average molecular weight is 244 g/mol. The van der Waals surface area contributed by atoms with Gasteiger partial charge in [-0.05, 0) is 24.8 Å². The molecule has 0 bridgehead atoms. The molecule has 2 aromatic rings. The van der Waals surface area contributed by atoms with Gasteiger partial charge in [0, 0.05) is 18.1 Å². The Labute approximate surface area is 106 Å².